The number of hydrogen-bond donors (Lipinski definition) is 1. The van der Waals surface area contributed by atoms with Crippen molar-refractivity contribution >= 4 is 17.7 Å². The van der Waals surface area contributed by atoms with Crippen LogP contribution in [0.1, 0.15) is 12.5 Å². The van der Waals surface area contributed by atoms with Gasteiger partial charge in [0.05, 0.1) is 5.25 Å². The van der Waals surface area contributed by atoms with Crippen molar-refractivity contribution in [2.24, 2.45) is 0 Å². The number of carbonyl (C=O) groups is 1. The van der Waals surface area contributed by atoms with Crippen molar-refractivity contribution in [1.29, 1.82) is 0 Å². The Morgan fingerprint density at radius 3 is 2.75 bits per heavy atom. The molecule has 2 aromatic rings. The van der Waals surface area contributed by atoms with Gasteiger partial charge < -0.3 is 14.8 Å². The van der Waals surface area contributed by atoms with Gasteiger partial charge in [-0.1, -0.05) is 6.07 Å². The average molecular weight is 351 g/mol. The molecule has 0 radical (unpaired) electrons. The minimum absolute atomic E-state index is 0.192. The Hall–Kier alpha value is -2.28. The largest absolute Gasteiger partial charge is 0.454 e. The SMILES string of the molecule is C[C@H](Sc1ccc(F)c(F)c1)C(=O)NCc1ccc2c(c1)OCO2. The van der Waals surface area contributed by atoms with Crippen LogP contribution in [0, 0.1) is 11.6 Å². The molecule has 0 unspecified atom stereocenters. The maximum atomic E-state index is 13.2. The number of rotatable bonds is 5. The van der Waals surface area contributed by atoms with Crippen molar-refractivity contribution in [3.8, 4) is 11.5 Å². The number of thioether (sulfide) groups is 1. The molecule has 7 heteroatoms. The minimum atomic E-state index is -0.923. The molecule has 2 aromatic carbocycles. The molecule has 0 aromatic heterocycles. The average Bonchev–Trinajstić information content (AvgIpc) is 3.03. The quantitative estimate of drug-likeness (QED) is 0.838. The van der Waals surface area contributed by atoms with Crippen LogP contribution in [-0.2, 0) is 11.3 Å². The molecular formula is C17H15F2NO3S. The summed E-state index contributed by atoms with van der Waals surface area (Å²) in [5.74, 6) is -0.673. The first-order chi connectivity index (χ1) is 11.5. The van der Waals surface area contributed by atoms with E-state index in [1.54, 1.807) is 13.0 Å². The van der Waals surface area contributed by atoms with Crippen molar-refractivity contribution < 1.29 is 23.0 Å². The number of halogens is 2. The zero-order valence-electron chi connectivity index (χ0n) is 12.8. The summed E-state index contributed by atoms with van der Waals surface area (Å²) in [6, 6.07) is 9.04. The van der Waals surface area contributed by atoms with Gasteiger partial charge in [-0.2, -0.15) is 0 Å². The number of benzene rings is 2. The van der Waals surface area contributed by atoms with E-state index in [9.17, 15) is 13.6 Å². The van der Waals surface area contributed by atoms with E-state index in [2.05, 4.69) is 5.32 Å². The molecule has 0 aliphatic carbocycles. The molecule has 1 aliphatic heterocycles. The summed E-state index contributed by atoms with van der Waals surface area (Å²) < 4.78 is 36.6. The highest BCUT2D eigenvalue weighted by molar-refractivity contribution is 8.00. The topological polar surface area (TPSA) is 47.6 Å². The Morgan fingerprint density at radius 1 is 1.17 bits per heavy atom. The fourth-order valence-electron chi connectivity index (χ4n) is 2.19. The summed E-state index contributed by atoms with van der Waals surface area (Å²) in [4.78, 5) is 12.7. The highest BCUT2D eigenvalue weighted by Gasteiger charge is 2.17. The zero-order valence-corrected chi connectivity index (χ0v) is 13.7. The van der Waals surface area contributed by atoms with E-state index in [4.69, 9.17) is 9.47 Å². The molecule has 3 rings (SSSR count). The second kappa shape index (κ2) is 7.09. The lowest BCUT2D eigenvalue weighted by molar-refractivity contribution is -0.120. The Morgan fingerprint density at radius 2 is 1.96 bits per heavy atom. The van der Waals surface area contributed by atoms with Gasteiger partial charge in [-0.15, -0.1) is 11.8 Å². The molecule has 0 saturated carbocycles. The van der Waals surface area contributed by atoms with Crippen molar-refractivity contribution in [3.05, 3.63) is 53.6 Å². The third-order valence-corrected chi connectivity index (χ3v) is 4.57. The van der Waals surface area contributed by atoms with E-state index in [0.29, 0.717) is 22.9 Å². The maximum Gasteiger partial charge on any atom is 0.233 e. The Balaban J connectivity index is 1.55. The number of fused-ring (bicyclic) bond motifs is 1. The third kappa shape index (κ3) is 3.79. The summed E-state index contributed by atoms with van der Waals surface area (Å²) in [6.07, 6.45) is 0. The van der Waals surface area contributed by atoms with Gasteiger partial charge in [-0.05, 0) is 42.8 Å². The van der Waals surface area contributed by atoms with E-state index >= 15 is 0 Å². The van der Waals surface area contributed by atoms with Crippen LogP contribution in [0.2, 0.25) is 0 Å². The molecule has 0 bridgehead atoms. The third-order valence-electron chi connectivity index (χ3n) is 3.48. The summed E-state index contributed by atoms with van der Waals surface area (Å²) in [5, 5.41) is 2.37. The normalized spacial score (nSPS) is 13.6. The summed E-state index contributed by atoms with van der Waals surface area (Å²) in [7, 11) is 0. The van der Waals surface area contributed by atoms with Crippen LogP contribution < -0.4 is 14.8 Å². The summed E-state index contributed by atoms with van der Waals surface area (Å²) in [6.45, 7) is 2.26. The predicted molar refractivity (Wildman–Crippen MR) is 86.1 cm³/mol. The molecular weight excluding hydrogens is 336 g/mol. The maximum absolute atomic E-state index is 13.2. The molecule has 24 heavy (non-hydrogen) atoms. The van der Waals surface area contributed by atoms with E-state index < -0.39 is 16.9 Å². The summed E-state index contributed by atoms with van der Waals surface area (Å²) in [5.41, 5.74) is 0.887. The van der Waals surface area contributed by atoms with Crippen LogP contribution in [0.15, 0.2) is 41.3 Å². The molecule has 126 valence electrons. The fourth-order valence-corrected chi connectivity index (χ4v) is 3.11. The molecule has 0 saturated heterocycles. The molecule has 1 atom stereocenters. The summed E-state index contributed by atoms with van der Waals surface area (Å²) >= 11 is 1.17. The number of amides is 1. The van der Waals surface area contributed by atoms with Gasteiger partial charge in [0.15, 0.2) is 23.1 Å². The predicted octanol–water partition coefficient (Wildman–Crippen LogP) is 3.49. The molecule has 1 heterocycles. The highest BCUT2D eigenvalue weighted by Crippen LogP contribution is 2.32. The Bertz CT molecular complexity index is 769. The van der Waals surface area contributed by atoms with Gasteiger partial charge in [0.1, 0.15) is 0 Å². The minimum Gasteiger partial charge on any atom is -0.454 e. The van der Waals surface area contributed by atoms with E-state index in [-0.39, 0.29) is 12.7 Å². The van der Waals surface area contributed by atoms with Crippen LogP contribution in [0.25, 0.3) is 0 Å². The molecule has 1 aliphatic rings. The van der Waals surface area contributed by atoms with Gasteiger partial charge >= 0.3 is 0 Å². The Kier molecular flexibility index (Phi) is 4.89. The molecule has 1 N–H and O–H groups in total. The van der Waals surface area contributed by atoms with Crippen LogP contribution in [0.4, 0.5) is 8.78 Å². The van der Waals surface area contributed by atoms with Gasteiger partial charge in [0.25, 0.3) is 0 Å². The van der Waals surface area contributed by atoms with Crippen LogP contribution >= 0.6 is 11.8 Å². The van der Waals surface area contributed by atoms with E-state index in [1.165, 1.54) is 17.8 Å². The smallest absolute Gasteiger partial charge is 0.233 e. The standard InChI is InChI=1S/C17H15F2NO3S/c1-10(24-12-3-4-13(18)14(19)7-12)17(21)20-8-11-2-5-15-16(6-11)23-9-22-15/h2-7,10H,8-9H2,1H3,(H,20,21)/t10-/m0/s1. The lowest BCUT2D eigenvalue weighted by Gasteiger charge is -2.12. The van der Waals surface area contributed by atoms with E-state index in [0.717, 1.165) is 17.7 Å². The molecule has 0 spiro atoms. The van der Waals surface area contributed by atoms with Gasteiger partial charge in [0.2, 0.25) is 12.7 Å². The van der Waals surface area contributed by atoms with Gasteiger partial charge in [0, 0.05) is 11.4 Å². The van der Waals surface area contributed by atoms with Gasteiger partial charge in [-0.25, -0.2) is 8.78 Å². The molecule has 4 nitrogen and oxygen atoms in total. The van der Waals surface area contributed by atoms with Crippen LogP contribution in [0.5, 0.6) is 11.5 Å². The fraction of sp³-hybridized carbons (Fsp3) is 0.235. The zero-order chi connectivity index (χ0) is 17.1. The lowest BCUT2D eigenvalue weighted by Crippen LogP contribution is -2.30. The van der Waals surface area contributed by atoms with Crippen molar-refractivity contribution in [1.82, 2.24) is 5.32 Å². The van der Waals surface area contributed by atoms with Crippen molar-refractivity contribution in [3.63, 3.8) is 0 Å². The van der Waals surface area contributed by atoms with Crippen LogP contribution in [-0.4, -0.2) is 18.0 Å². The van der Waals surface area contributed by atoms with Crippen molar-refractivity contribution in [2.75, 3.05) is 6.79 Å². The van der Waals surface area contributed by atoms with E-state index in [1.807, 2.05) is 12.1 Å². The second-order valence-electron chi connectivity index (χ2n) is 5.24. The van der Waals surface area contributed by atoms with Crippen LogP contribution in [0.3, 0.4) is 0 Å². The monoisotopic (exact) mass is 351 g/mol. The van der Waals surface area contributed by atoms with Gasteiger partial charge in [-0.3, -0.25) is 4.79 Å². The second-order valence-corrected chi connectivity index (χ2v) is 6.66. The van der Waals surface area contributed by atoms with Crippen molar-refractivity contribution in [2.45, 2.75) is 23.6 Å². The molecule has 1 amide bonds. The first kappa shape index (κ1) is 16.6. The number of carbonyl (C=O) groups excluding carboxylic acids is 1. The Labute approximate surface area is 142 Å². The first-order valence-electron chi connectivity index (χ1n) is 7.31. The number of nitrogens with one attached hydrogen (secondary N) is 1. The number of hydrogen-bond acceptors (Lipinski definition) is 4. The first-order valence-corrected chi connectivity index (χ1v) is 8.19. The number of ether oxygens (including phenoxy) is 2. The highest BCUT2D eigenvalue weighted by atomic mass is 32.2. The molecule has 0 fully saturated rings. The lowest BCUT2D eigenvalue weighted by atomic mass is 10.2.